The molecule has 0 radical (unpaired) electrons. The van der Waals surface area contributed by atoms with Crippen molar-refractivity contribution in [3.8, 4) is 0 Å². The molecule has 1 saturated heterocycles. The number of hydrogen-bond donors (Lipinski definition) is 0. The molecular formula is C21H25N3O4S. The highest BCUT2D eigenvalue weighted by atomic mass is 32.2. The van der Waals surface area contributed by atoms with Crippen molar-refractivity contribution in [3.05, 3.63) is 59.4 Å². The lowest BCUT2D eigenvalue weighted by Gasteiger charge is -2.31. The third-order valence-electron chi connectivity index (χ3n) is 5.62. The number of aromatic nitrogens is 1. The summed E-state index contributed by atoms with van der Waals surface area (Å²) in [6.45, 7) is 2.47. The van der Waals surface area contributed by atoms with Crippen LogP contribution in [0.4, 0.5) is 0 Å². The van der Waals surface area contributed by atoms with Crippen LogP contribution in [0.5, 0.6) is 0 Å². The summed E-state index contributed by atoms with van der Waals surface area (Å²) in [5.41, 5.74) is 2.83. The second kappa shape index (κ2) is 8.22. The molecule has 29 heavy (non-hydrogen) atoms. The number of amides is 1. The highest BCUT2D eigenvalue weighted by molar-refractivity contribution is 7.89. The molecule has 1 atom stereocenters. The zero-order chi connectivity index (χ0) is 20.4. The molecule has 0 spiro atoms. The lowest BCUT2D eigenvalue weighted by Crippen LogP contribution is -2.40. The Labute approximate surface area is 171 Å². The Morgan fingerprint density at radius 3 is 2.90 bits per heavy atom. The Kier molecular flexibility index (Phi) is 5.67. The van der Waals surface area contributed by atoms with E-state index in [2.05, 4.69) is 4.98 Å². The molecule has 1 fully saturated rings. The average Bonchev–Trinajstić information content (AvgIpc) is 3.28. The minimum atomic E-state index is -3.64. The number of pyridine rings is 1. The first-order chi connectivity index (χ1) is 13.9. The van der Waals surface area contributed by atoms with Crippen LogP contribution >= 0.6 is 0 Å². The van der Waals surface area contributed by atoms with Crippen molar-refractivity contribution in [3.63, 3.8) is 0 Å². The molecule has 8 heteroatoms. The molecule has 3 heterocycles. The first kappa shape index (κ1) is 20.0. The molecule has 0 unspecified atom stereocenters. The van der Waals surface area contributed by atoms with Gasteiger partial charge in [-0.1, -0.05) is 12.1 Å². The van der Waals surface area contributed by atoms with Crippen LogP contribution in [-0.2, 0) is 39.1 Å². The fourth-order valence-electron chi connectivity index (χ4n) is 3.88. The van der Waals surface area contributed by atoms with Gasteiger partial charge in [0.15, 0.2) is 0 Å². The maximum atomic E-state index is 13.1. The first-order valence-corrected chi connectivity index (χ1v) is 11.2. The summed E-state index contributed by atoms with van der Waals surface area (Å²) in [4.78, 5) is 18.8. The monoisotopic (exact) mass is 415 g/mol. The van der Waals surface area contributed by atoms with Gasteiger partial charge in [-0.3, -0.25) is 9.78 Å². The number of nitrogens with zero attached hydrogens (tertiary/aromatic N) is 3. The molecule has 2 aliphatic rings. The minimum absolute atomic E-state index is 0.0749. The van der Waals surface area contributed by atoms with Crippen LogP contribution in [0.15, 0.2) is 47.6 Å². The van der Waals surface area contributed by atoms with Crippen molar-refractivity contribution in [1.29, 1.82) is 0 Å². The van der Waals surface area contributed by atoms with Crippen LogP contribution in [0.25, 0.3) is 0 Å². The van der Waals surface area contributed by atoms with Crippen molar-refractivity contribution in [1.82, 2.24) is 14.2 Å². The molecule has 4 rings (SSSR count). The highest BCUT2D eigenvalue weighted by Gasteiger charge is 2.31. The van der Waals surface area contributed by atoms with Crippen LogP contribution < -0.4 is 0 Å². The average molecular weight is 416 g/mol. The predicted molar refractivity (Wildman–Crippen MR) is 107 cm³/mol. The summed E-state index contributed by atoms with van der Waals surface area (Å²) < 4.78 is 32.8. The van der Waals surface area contributed by atoms with Crippen molar-refractivity contribution in [2.24, 2.45) is 5.92 Å². The number of carbonyl (C=O) groups excluding carboxylic acids is 1. The molecule has 2 aliphatic heterocycles. The van der Waals surface area contributed by atoms with E-state index in [-0.39, 0.29) is 23.3 Å². The number of fused-ring (bicyclic) bond motifs is 1. The number of ether oxygens (including phenoxy) is 1. The van der Waals surface area contributed by atoms with Gasteiger partial charge in [0.2, 0.25) is 15.9 Å². The largest absolute Gasteiger partial charge is 0.381 e. The van der Waals surface area contributed by atoms with Crippen LogP contribution in [0, 0.1) is 5.92 Å². The third-order valence-corrected chi connectivity index (χ3v) is 7.42. The van der Waals surface area contributed by atoms with E-state index < -0.39 is 10.0 Å². The van der Waals surface area contributed by atoms with Crippen LogP contribution in [0.2, 0.25) is 0 Å². The lowest BCUT2D eigenvalue weighted by molar-refractivity contribution is -0.136. The molecule has 0 bridgehead atoms. The maximum Gasteiger partial charge on any atom is 0.243 e. The molecule has 1 aromatic heterocycles. The SMILES string of the molecule is CN(Cc1cccnc1)S(=O)(=O)c1ccc2c(c1)CN(C(=O)[C@H]1CCOC1)CC2. The van der Waals surface area contributed by atoms with Gasteiger partial charge in [0.25, 0.3) is 0 Å². The maximum absolute atomic E-state index is 13.1. The molecular weight excluding hydrogens is 390 g/mol. The third kappa shape index (κ3) is 4.19. The van der Waals surface area contributed by atoms with E-state index in [1.54, 1.807) is 37.6 Å². The molecule has 0 aliphatic carbocycles. The number of hydrogen-bond acceptors (Lipinski definition) is 5. The van der Waals surface area contributed by atoms with Gasteiger partial charge >= 0.3 is 0 Å². The van der Waals surface area contributed by atoms with Crippen molar-refractivity contribution < 1.29 is 17.9 Å². The minimum Gasteiger partial charge on any atom is -0.381 e. The van der Waals surface area contributed by atoms with Crippen molar-refractivity contribution in [2.45, 2.75) is 30.8 Å². The van der Waals surface area contributed by atoms with Crippen molar-refractivity contribution in [2.75, 3.05) is 26.8 Å². The van der Waals surface area contributed by atoms with Gasteiger partial charge in [-0.15, -0.1) is 0 Å². The van der Waals surface area contributed by atoms with E-state index >= 15 is 0 Å². The molecule has 154 valence electrons. The van der Waals surface area contributed by atoms with Gasteiger partial charge in [-0.2, -0.15) is 4.31 Å². The van der Waals surface area contributed by atoms with Crippen LogP contribution in [0.1, 0.15) is 23.1 Å². The molecule has 2 aromatic rings. The van der Waals surface area contributed by atoms with Gasteiger partial charge in [-0.25, -0.2) is 8.42 Å². The first-order valence-electron chi connectivity index (χ1n) is 9.79. The van der Waals surface area contributed by atoms with E-state index in [0.717, 1.165) is 29.5 Å². The summed E-state index contributed by atoms with van der Waals surface area (Å²) in [7, 11) is -2.07. The Bertz CT molecular complexity index is 988. The van der Waals surface area contributed by atoms with E-state index in [0.29, 0.717) is 26.3 Å². The van der Waals surface area contributed by atoms with E-state index in [4.69, 9.17) is 4.74 Å². The quantitative estimate of drug-likeness (QED) is 0.744. The summed E-state index contributed by atoms with van der Waals surface area (Å²) in [6.07, 6.45) is 4.82. The van der Waals surface area contributed by atoms with E-state index in [9.17, 15) is 13.2 Å². The Morgan fingerprint density at radius 2 is 2.17 bits per heavy atom. The number of carbonyl (C=O) groups is 1. The second-order valence-corrected chi connectivity index (χ2v) is 9.67. The molecule has 7 nitrogen and oxygen atoms in total. The predicted octanol–water partition coefficient (Wildman–Crippen LogP) is 1.82. The van der Waals surface area contributed by atoms with E-state index in [1.165, 1.54) is 4.31 Å². The lowest BCUT2D eigenvalue weighted by atomic mass is 9.98. The topological polar surface area (TPSA) is 79.8 Å². The smallest absolute Gasteiger partial charge is 0.243 e. The second-order valence-electron chi connectivity index (χ2n) is 7.62. The summed E-state index contributed by atoms with van der Waals surface area (Å²) in [5, 5.41) is 0. The molecule has 1 aromatic carbocycles. The summed E-state index contributed by atoms with van der Waals surface area (Å²) >= 11 is 0. The number of benzene rings is 1. The summed E-state index contributed by atoms with van der Waals surface area (Å²) in [6, 6.07) is 8.89. The van der Waals surface area contributed by atoms with Crippen LogP contribution in [0.3, 0.4) is 0 Å². The summed E-state index contributed by atoms with van der Waals surface area (Å²) in [5.74, 6) is 0.0317. The Balaban J connectivity index is 1.52. The molecule has 1 amide bonds. The highest BCUT2D eigenvalue weighted by Crippen LogP contribution is 2.26. The number of rotatable bonds is 5. The van der Waals surface area contributed by atoms with E-state index in [1.807, 2.05) is 17.0 Å². The van der Waals surface area contributed by atoms with Gasteiger partial charge in [0, 0.05) is 45.7 Å². The van der Waals surface area contributed by atoms with Gasteiger partial charge < -0.3 is 9.64 Å². The normalized spacial score (nSPS) is 19.4. The zero-order valence-corrected chi connectivity index (χ0v) is 17.3. The Hall–Kier alpha value is -2.29. The van der Waals surface area contributed by atoms with Gasteiger partial charge in [0.1, 0.15) is 0 Å². The fourth-order valence-corrected chi connectivity index (χ4v) is 5.09. The Morgan fingerprint density at radius 1 is 1.31 bits per heavy atom. The number of sulfonamides is 1. The van der Waals surface area contributed by atoms with Gasteiger partial charge in [-0.05, 0) is 47.7 Å². The van der Waals surface area contributed by atoms with Crippen molar-refractivity contribution >= 4 is 15.9 Å². The van der Waals surface area contributed by atoms with Crippen LogP contribution in [-0.4, -0.2) is 55.3 Å². The standard InChI is InChI=1S/C21H25N3O4S/c1-23(13-16-3-2-8-22-12-16)29(26,27)20-5-4-17-6-9-24(14-19(17)11-20)21(25)18-7-10-28-15-18/h2-5,8,11-12,18H,6-7,9-10,13-15H2,1H3/t18-/m0/s1. The zero-order valence-electron chi connectivity index (χ0n) is 16.5. The van der Waals surface area contributed by atoms with Gasteiger partial charge in [0.05, 0.1) is 17.4 Å². The molecule has 0 saturated carbocycles. The fraction of sp³-hybridized carbons (Fsp3) is 0.429. The molecule has 0 N–H and O–H groups in total.